The van der Waals surface area contributed by atoms with Crippen molar-refractivity contribution in [1.29, 1.82) is 0 Å². The molecule has 0 atom stereocenters. The maximum Gasteiger partial charge on any atom is 0.409 e. The van der Waals surface area contributed by atoms with E-state index in [1.807, 2.05) is 12.1 Å². The normalized spacial score (nSPS) is 15.3. The van der Waals surface area contributed by atoms with Crippen LogP contribution in [0.15, 0.2) is 24.3 Å². The van der Waals surface area contributed by atoms with Gasteiger partial charge in [-0.3, -0.25) is 9.69 Å². The van der Waals surface area contributed by atoms with E-state index in [1.165, 1.54) is 7.11 Å². The van der Waals surface area contributed by atoms with Crippen LogP contribution >= 0.6 is 11.6 Å². The Labute approximate surface area is 141 Å². The molecule has 0 aliphatic carbocycles. The quantitative estimate of drug-likeness (QED) is 0.880. The summed E-state index contributed by atoms with van der Waals surface area (Å²) in [7, 11) is 1.39. The zero-order chi connectivity index (χ0) is 16.7. The maximum atomic E-state index is 11.9. The van der Waals surface area contributed by atoms with Gasteiger partial charge in [-0.2, -0.15) is 0 Å². The van der Waals surface area contributed by atoms with Gasteiger partial charge in [-0.25, -0.2) is 4.79 Å². The summed E-state index contributed by atoms with van der Waals surface area (Å²) < 4.78 is 4.70. The van der Waals surface area contributed by atoms with Crippen LogP contribution in [-0.2, 0) is 16.0 Å². The Hall–Kier alpha value is -1.79. The molecule has 1 aliphatic rings. The summed E-state index contributed by atoms with van der Waals surface area (Å²) >= 11 is 5.82. The summed E-state index contributed by atoms with van der Waals surface area (Å²) in [5.74, 6) is 0.000481. The van der Waals surface area contributed by atoms with Crippen LogP contribution < -0.4 is 5.32 Å². The third-order valence-electron chi connectivity index (χ3n) is 3.83. The molecule has 1 heterocycles. The van der Waals surface area contributed by atoms with E-state index in [4.69, 9.17) is 16.3 Å². The molecule has 23 heavy (non-hydrogen) atoms. The fourth-order valence-corrected chi connectivity index (χ4v) is 2.61. The second kappa shape index (κ2) is 8.74. The van der Waals surface area contributed by atoms with Gasteiger partial charge in [0.2, 0.25) is 5.91 Å². The highest BCUT2D eigenvalue weighted by Gasteiger charge is 2.20. The molecular formula is C16H22ClN3O3. The molecule has 0 saturated carbocycles. The van der Waals surface area contributed by atoms with Crippen molar-refractivity contribution >= 4 is 23.6 Å². The second-order valence-corrected chi connectivity index (χ2v) is 5.89. The number of carbonyl (C=O) groups is 2. The fourth-order valence-electron chi connectivity index (χ4n) is 2.49. The van der Waals surface area contributed by atoms with E-state index < -0.39 is 0 Å². The third-order valence-corrected chi connectivity index (χ3v) is 4.09. The average Bonchev–Trinajstić information content (AvgIpc) is 2.57. The van der Waals surface area contributed by atoms with Gasteiger partial charge < -0.3 is 15.0 Å². The van der Waals surface area contributed by atoms with Gasteiger partial charge in [-0.1, -0.05) is 23.7 Å². The fraction of sp³-hybridized carbons (Fsp3) is 0.500. The predicted molar refractivity (Wildman–Crippen MR) is 88.6 cm³/mol. The van der Waals surface area contributed by atoms with Gasteiger partial charge in [0.1, 0.15) is 0 Å². The minimum Gasteiger partial charge on any atom is -0.453 e. The number of ether oxygens (including phenoxy) is 1. The molecule has 1 fully saturated rings. The van der Waals surface area contributed by atoms with Crippen LogP contribution in [-0.4, -0.2) is 68.2 Å². The molecule has 0 spiro atoms. The average molecular weight is 340 g/mol. The van der Waals surface area contributed by atoms with Crippen molar-refractivity contribution in [2.45, 2.75) is 6.42 Å². The molecule has 2 amide bonds. The SMILES string of the molecule is COC(=O)N1CCN(CCNC(=O)Cc2ccc(Cl)cc2)CC1. The Morgan fingerprint density at radius 2 is 1.83 bits per heavy atom. The lowest BCUT2D eigenvalue weighted by atomic mass is 10.1. The first-order valence-corrected chi connectivity index (χ1v) is 8.02. The highest BCUT2D eigenvalue weighted by molar-refractivity contribution is 6.30. The number of piperazine rings is 1. The summed E-state index contributed by atoms with van der Waals surface area (Å²) in [6, 6.07) is 7.28. The van der Waals surface area contributed by atoms with E-state index in [9.17, 15) is 9.59 Å². The van der Waals surface area contributed by atoms with Crippen LogP contribution in [0.5, 0.6) is 0 Å². The molecule has 0 bridgehead atoms. The third kappa shape index (κ3) is 5.73. The van der Waals surface area contributed by atoms with Crippen molar-refractivity contribution in [2.24, 2.45) is 0 Å². The topological polar surface area (TPSA) is 61.9 Å². The van der Waals surface area contributed by atoms with Crippen molar-refractivity contribution in [2.75, 3.05) is 46.4 Å². The summed E-state index contributed by atoms with van der Waals surface area (Å²) in [6.07, 6.45) is 0.0775. The Bertz CT molecular complexity index is 528. The number of rotatable bonds is 5. The van der Waals surface area contributed by atoms with Crippen LogP contribution in [0.1, 0.15) is 5.56 Å². The zero-order valence-electron chi connectivity index (χ0n) is 13.3. The van der Waals surface area contributed by atoms with Gasteiger partial charge >= 0.3 is 6.09 Å². The largest absolute Gasteiger partial charge is 0.453 e. The molecular weight excluding hydrogens is 318 g/mol. The van der Waals surface area contributed by atoms with Gasteiger partial charge in [0.05, 0.1) is 13.5 Å². The molecule has 2 rings (SSSR count). The molecule has 126 valence electrons. The number of nitrogens with zero attached hydrogens (tertiary/aromatic N) is 2. The number of hydrogen-bond donors (Lipinski definition) is 1. The van der Waals surface area contributed by atoms with E-state index in [-0.39, 0.29) is 12.0 Å². The highest BCUT2D eigenvalue weighted by Crippen LogP contribution is 2.09. The second-order valence-electron chi connectivity index (χ2n) is 5.45. The van der Waals surface area contributed by atoms with E-state index >= 15 is 0 Å². The molecule has 6 nitrogen and oxygen atoms in total. The van der Waals surface area contributed by atoms with Gasteiger partial charge in [0.25, 0.3) is 0 Å². The molecule has 1 aliphatic heterocycles. The van der Waals surface area contributed by atoms with Crippen LogP contribution in [0.25, 0.3) is 0 Å². The number of nitrogens with one attached hydrogen (secondary N) is 1. The summed E-state index contributed by atoms with van der Waals surface area (Å²) in [6.45, 7) is 4.28. The van der Waals surface area contributed by atoms with Gasteiger partial charge in [0.15, 0.2) is 0 Å². The number of methoxy groups -OCH3 is 1. The molecule has 1 N–H and O–H groups in total. The van der Waals surface area contributed by atoms with Gasteiger partial charge in [-0.05, 0) is 17.7 Å². The molecule has 1 saturated heterocycles. The van der Waals surface area contributed by atoms with Crippen LogP contribution in [0, 0.1) is 0 Å². The lowest BCUT2D eigenvalue weighted by molar-refractivity contribution is -0.120. The first-order valence-electron chi connectivity index (χ1n) is 7.65. The van der Waals surface area contributed by atoms with Crippen molar-refractivity contribution in [3.63, 3.8) is 0 Å². The molecule has 1 aromatic rings. The lowest BCUT2D eigenvalue weighted by Gasteiger charge is -2.33. The van der Waals surface area contributed by atoms with E-state index in [0.29, 0.717) is 31.1 Å². The number of benzene rings is 1. The van der Waals surface area contributed by atoms with Crippen molar-refractivity contribution < 1.29 is 14.3 Å². The Kier molecular flexibility index (Phi) is 6.67. The van der Waals surface area contributed by atoms with Gasteiger partial charge in [-0.15, -0.1) is 0 Å². The number of carbonyl (C=O) groups excluding carboxylic acids is 2. The molecule has 0 aromatic heterocycles. The molecule has 0 unspecified atom stereocenters. The Morgan fingerprint density at radius 3 is 2.43 bits per heavy atom. The Morgan fingerprint density at radius 1 is 1.17 bits per heavy atom. The number of amides is 2. The minimum atomic E-state index is -0.277. The van der Waals surface area contributed by atoms with Crippen LogP contribution in [0.2, 0.25) is 5.02 Å². The van der Waals surface area contributed by atoms with Crippen LogP contribution in [0.3, 0.4) is 0 Å². The molecule has 1 aromatic carbocycles. The van der Waals surface area contributed by atoms with E-state index in [1.54, 1.807) is 17.0 Å². The highest BCUT2D eigenvalue weighted by atomic mass is 35.5. The standard InChI is InChI=1S/C16H22ClN3O3/c1-23-16(22)20-10-8-19(9-11-20)7-6-18-15(21)12-13-2-4-14(17)5-3-13/h2-5H,6-12H2,1H3,(H,18,21). The summed E-state index contributed by atoms with van der Waals surface area (Å²) in [5.41, 5.74) is 0.943. The molecule has 0 radical (unpaired) electrons. The maximum absolute atomic E-state index is 11.9. The van der Waals surface area contributed by atoms with E-state index in [2.05, 4.69) is 10.2 Å². The first-order chi connectivity index (χ1) is 11.1. The van der Waals surface area contributed by atoms with Crippen molar-refractivity contribution in [3.8, 4) is 0 Å². The predicted octanol–water partition coefficient (Wildman–Crippen LogP) is 1.38. The monoisotopic (exact) mass is 339 g/mol. The zero-order valence-corrected chi connectivity index (χ0v) is 14.0. The number of hydrogen-bond acceptors (Lipinski definition) is 4. The first kappa shape index (κ1) is 17.6. The lowest BCUT2D eigenvalue weighted by Crippen LogP contribution is -2.50. The summed E-state index contributed by atoms with van der Waals surface area (Å²) in [5, 5.41) is 3.59. The Balaban J connectivity index is 1.63. The smallest absolute Gasteiger partial charge is 0.409 e. The van der Waals surface area contributed by atoms with Crippen molar-refractivity contribution in [3.05, 3.63) is 34.9 Å². The minimum absolute atomic E-state index is 0.000481. The molecule has 7 heteroatoms. The summed E-state index contributed by atoms with van der Waals surface area (Å²) in [4.78, 5) is 27.2. The number of halogens is 1. The van der Waals surface area contributed by atoms with Crippen LogP contribution in [0.4, 0.5) is 4.79 Å². The van der Waals surface area contributed by atoms with Gasteiger partial charge in [0, 0.05) is 44.3 Å². The van der Waals surface area contributed by atoms with E-state index in [0.717, 1.165) is 25.2 Å². The van der Waals surface area contributed by atoms with Crippen molar-refractivity contribution in [1.82, 2.24) is 15.1 Å².